The lowest BCUT2D eigenvalue weighted by atomic mass is 9.96. The van der Waals surface area contributed by atoms with Crippen molar-refractivity contribution in [1.29, 1.82) is 0 Å². The fourth-order valence-electron chi connectivity index (χ4n) is 3.42. The number of piperidine rings is 1. The van der Waals surface area contributed by atoms with E-state index in [1.165, 1.54) is 25.9 Å². The number of nitrogens with one attached hydrogen (secondary N) is 1. The summed E-state index contributed by atoms with van der Waals surface area (Å²) in [6, 6.07) is 7.15. The number of hydrogen-bond donors (Lipinski definition) is 1. The van der Waals surface area contributed by atoms with Gasteiger partial charge in [0, 0.05) is 24.7 Å². The van der Waals surface area contributed by atoms with Crippen LogP contribution in [-0.2, 0) is 0 Å². The molecule has 1 amide bonds. The molecule has 0 spiro atoms. The summed E-state index contributed by atoms with van der Waals surface area (Å²) in [4.78, 5) is 14.8. The quantitative estimate of drug-likeness (QED) is 0.925. The number of nitrogens with zero attached hydrogens (tertiary/aromatic N) is 3. The second-order valence-electron chi connectivity index (χ2n) is 6.15. The lowest BCUT2D eigenvalue weighted by molar-refractivity contribution is 0.0909. The number of benzene rings is 1. The summed E-state index contributed by atoms with van der Waals surface area (Å²) >= 11 is 0. The summed E-state index contributed by atoms with van der Waals surface area (Å²) in [7, 11) is 0. The lowest BCUT2D eigenvalue weighted by Crippen LogP contribution is -2.46. The number of hydrogen-bond acceptors (Lipinski definition) is 6. The summed E-state index contributed by atoms with van der Waals surface area (Å²) in [5.41, 5.74) is 0.621. The highest BCUT2D eigenvalue weighted by atomic mass is 16.6. The van der Waals surface area contributed by atoms with Crippen molar-refractivity contribution in [2.45, 2.75) is 18.9 Å². The predicted molar refractivity (Wildman–Crippen MR) is 81.2 cm³/mol. The second-order valence-corrected chi connectivity index (χ2v) is 6.15. The molecule has 120 valence electrons. The van der Waals surface area contributed by atoms with Gasteiger partial charge in [-0.25, -0.2) is 0 Å². The van der Waals surface area contributed by atoms with Crippen LogP contribution in [0.4, 0.5) is 0 Å². The van der Waals surface area contributed by atoms with E-state index in [4.69, 9.17) is 9.15 Å². The van der Waals surface area contributed by atoms with Gasteiger partial charge in [0.15, 0.2) is 0 Å². The monoisotopic (exact) mass is 314 g/mol. The van der Waals surface area contributed by atoms with Crippen LogP contribution in [0.2, 0.25) is 0 Å². The van der Waals surface area contributed by atoms with Crippen molar-refractivity contribution in [3.05, 3.63) is 36.2 Å². The molecule has 2 bridgehead atoms. The summed E-state index contributed by atoms with van der Waals surface area (Å²) in [6.45, 7) is 3.31. The third-order valence-electron chi connectivity index (χ3n) is 4.46. The first-order valence-corrected chi connectivity index (χ1v) is 7.83. The molecule has 2 aliphatic rings. The van der Waals surface area contributed by atoms with Gasteiger partial charge in [-0.15, -0.1) is 5.10 Å². The van der Waals surface area contributed by atoms with Gasteiger partial charge in [-0.1, -0.05) is 5.10 Å². The molecule has 2 fully saturated rings. The van der Waals surface area contributed by atoms with Crippen molar-refractivity contribution in [2.24, 2.45) is 5.92 Å². The standard InChI is InChI=1S/C16H18N4O3/c21-15(18-13-7-11-5-6-20(8-11)9-13)12-1-3-14(4-2-12)23-16-19-17-10-22-16/h1-4,10-11,13H,5-9H2,(H,18,21)/t11-,13+/m0/s1. The molecular weight excluding hydrogens is 296 g/mol. The number of carbonyl (C=O) groups excluding carboxylic acids is 1. The van der Waals surface area contributed by atoms with Crippen LogP contribution in [0.1, 0.15) is 23.2 Å². The Morgan fingerprint density at radius 3 is 2.91 bits per heavy atom. The van der Waals surface area contributed by atoms with Crippen molar-refractivity contribution in [2.75, 3.05) is 19.6 Å². The minimum Gasteiger partial charge on any atom is -0.410 e. The highest BCUT2D eigenvalue weighted by Crippen LogP contribution is 2.27. The normalized spacial score (nSPS) is 26.0. The average molecular weight is 314 g/mol. The number of rotatable bonds is 4. The highest BCUT2D eigenvalue weighted by Gasteiger charge is 2.32. The van der Waals surface area contributed by atoms with E-state index in [1.807, 2.05) is 0 Å². The molecular formula is C16H18N4O3. The van der Waals surface area contributed by atoms with Crippen molar-refractivity contribution in [1.82, 2.24) is 20.4 Å². The Bertz CT molecular complexity index is 659. The van der Waals surface area contributed by atoms with E-state index in [0.29, 0.717) is 11.3 Å². The second kappa shape index (κ2) is 6.00. The maximum Gasteiger partial charge on any atom is 0.420 e. The molecule has 2 aromatic rings. The van der Waals surface area contributed by atoms with Crippen LogP contribution >= 0.6 is 0 Å². The molecule has 3 heterocycles. The van der Waals surface area contributed by atoms with Gasteiger partial charge in [-0.05, 0) is 49.6 Å². The maximum atomic E-state index is 12.4. The third kappa shape index (κ3) is 3.19. The summed E-state index contributed by atoms with van der Waals surface area (Å²) < 4.78 is 10.3. The minimum absolute atomic E-state index is 0.0400. The first kappa shape index (κ1) is 14.2. The van der Waals surface area contributed by atoms with Crippen molar-refractivity contribution >= 4 is 5.91 Å². The van der Waals surface area contributed by atoms with E-state index >= 15 is 0 Å². The van der Waals surface area contributed by atoms with Gasteiger partial charge in [0.25, 0.3) is 5.91 Å². The van der Waals surface area contributed by atoms with E-state index in [-0.39, 0.29) is 18.0 Å². The smallest absolute Gasteiger partial charge is 0.410 e. The highest BCUT2D eigenvalue weighted by molar-refractivity contribution is 5.94. The molecule has 4 rings (SSSR count). The number of fused-ring (bicyclic) bond motifs is 2. The summed E-state index contributed by atoms with van der Waals surface area (Å²) in [5, 5.41) is 10.3. The Balaban J connectivity index is 1.36. The largest absolute Gasteiger partial charge is 0.420 e. The van der Waals surface area contributed by atoms with Crippen LogP contribution in [0, 0.1) is 5.92 Å². The SMILES string of the molecule is O=C(N[C@@H]1C[C@@H]2CCN(C2)C1)c1ccc(Oc2nnco2)cc1. The van der Waals surface area contributed by atoms with Gasteiger partial charge in [-0.2, -0.15) is 0 Å². The molecule has 1 unspecified atom stereocenters. The van der Waals surface area contributed by atoms with Gasteiger partial charge in [0.2, 0.25) is 6.39 Å². The molecule has 1 N–H and O–H groups in total. The zero-order chi connectivity index (χ0) is 15.6. The molecule has 7 nitrogen and oxygen atoms in total. The van der Waals surface area contributed by atoms with Gasteiger partial charge in [0.05, 0.1) is 0 Å². The van der Waals surface area contributed by atoms with Crippen molar-refractivity contribution < 1.29 is 13.9 Å². The zero-order valence-electron chi connectivity index (χ0n) is 12.6. The van der Waals surface area contributed by atoms with Crippen LogP contribution < -0.4 is 10.1 Å². The van der Waals surface area contributed by atoms with E-state index < -0.39 is 0 Å². The van der Waals surface area contributed by atoms with Gasteiger partial charge < -0.3 is 19.4 Å². The molecule has 0 aliphatic carbocycles. The zero-order valence-corrected chi connectivity index (χ0v) is 12.6. The number of aromatic nitrogens is 2. The first-order valence-electron chi connectivity index (χ1n) is 7.83. The van der Waals surface area contributed by atoms with E-state index in [9.17, 15) is 4.79 Å². The van der Waals surface area contributed by atoms with Crippen LogP contribution in [0.5, 0.6) is 11.8 Å². The fourth-order valence-corrected chi connectivity index (χ4v) is 3.42. The maximum absolute atomic E-state index is 12.4. The fraction of sp³-hybridized carbons (Fsp3) is 0.438. The van der Waals surface area contributed by atoms with Gasteiger partial charge in [-0.3, -0.25) is 4.79 Å². The Kier molecular flexibility index (Phi) is 3.70. The molecule has 3 atom stereocenters. The van der Waals surface area contributed by atoms with Crippen molar-refractivity contribution in [3.8, 4) is 11.8 Å². The minimum atomic E-state index is -0.0400. The molecule has 2 aliphatic heterocycles. The molecule has 1 aromatic carbocycles. The molecule has 0 radical (unpaired) electrons. The molecule has 2 saturated heterocycles. The topological polar surface area (TPSA) is 80.5 Å². The van der Waals surface area contributed by atoms with Crippen LogP contribution in [0.25, 0.3) is 0 Å². The first-order chi connectivity index (χ1) is 11.3. The van der Waals surface area contributed by atoms with E-state index in [0.717, 1.165) is 18.9 Å². The Morgan fingerprint density at radius 2 is 2.17 bits per heavy atom. The molecule has 7 heteroatoms. The summed E-state index contributed by atoms with van der Waals surface area (Å²) in [6.07, 6.45) is 3.62. The molecule has 23 heavy (non-hydrogen) atoms. The third-order valence-corrected chi connectivity index (χ3v) is 4.46. The van der Waals surface area contributed by atoms with Crippen LogP contribution in [-0.4, -0.2) is 46.7 Å². The van der Waals surface area contributed by atoms with E-state index in [2.05, 4.69) is 20.4 Å². The van der Waals surface area contributed by atoms with Crippen LogP contribution in [0.15, 0.2) is 35.1 Å². The predicted octanol–water partition coefficient (Wildman–Crippen LogP) is 1.69. The van der Waals surface area contributed by atoms with Crippen LogP contribution in [0.3, 0.4) is 0 Å². The molecule has 1 aromatic heterocycles. The lowest BCUT2D eigenvalue weighted by Gasteiger charge is -2.30. The summed E-state index contributed by atoms with van der Waals surface area (Å²) in [5.74, 6) is 1.24. The van der Waals surface area contributed by atoms with Crippen molar-refractivity contribution in [3.63, 3.8) is 0 Å². The van der Waals surface area contributed by atoms with Gasteiger partial charge >= 0.3 is 6.08 Å². The number of amides is 1. The van der Waals surface area contributed by atoms with Gasteiger partial charge in [0.1, 0.15) is 5.75 Å². The number of ether oxygens (including phenoxy) is 1. The Labute approximate surface area is 133 Å². The number of carbonyl (C=O) groups is 1. The average Bonchev–Trinajstić information content (AvgIpc) is 3.18. The molecule has 0 saturated carbocycles. The Morgan fingerprint density at radius 1 is 1.30 bits per heavy atom. The van der Waals surface area contributed by atoms with E-state index in [1.54, 1.807) is 24.3 Å². The Hall–Kier alpha value is -2.41.